The smallest absolute Gasteiger partial charge is 0.251 e. The summed E-state index contributed by atoms with van der Waals surface area (Å²) in [6, 6.07) is 17.4. The highest BCUT2D eigenvalue weighted by atomic mass is 35.5. The van der Waals surface area contributed by atoms with Gasteiger partial charge in [-0.3, -0.25) is 4.79 Å². The molecule has 1 amide bonds. The molecule has 0 saturated carbocycles. The van der Waals surface area contributed by atoms with E-state index >= 15 is 0 Å². The number of carbonyl (C=O) groups is 1. The van der Waals surface area contributed by atoms with Crippen LogP contribution in [0.1, 0.15) is 22.8 Å². The highest BCUT2D eigenvalue weighted by molar-refractivity contribution is 5.94. The van der Waals surface area contributed by atoms with Gasteiger partial charge in [0.2, 0.25) is 0 Å². The summed E-state index contributed by atoms with van der Waals surface area (Å²) in [7, 11) is 1.87. The summed E-state index contributed by atoms with van der Waals surface area (Å²) < 4.78 is 5.70. The van der Waals surface area contributed by atoms with E-state index in [2.05, 4.69) is 10.6 Å². The second-order valence-electron chi connectivity index (χ2n) is 5.20. The van der Waals surface area contributed by atoms with Gasteiger partial charge in [-0.05, 0) is 43.8 Å². The van der Waals surface area contributed by atoms with E-state index in [4.69, 9.17) is 4.74 Å². The normalized spacial score (nSPS) is 11.2. The Morgan fingerprint density at radius 1 is 1.09 bits per heavy atom. The van der Waals surface area contributed by atoms with Crippen LogP contribution in [0.4, 0.5) is 0 Å². The molecule has 1 atom stereocenters. The molecule has 4 nitrogen and oxygen atoms in total. The van der Waals surface area contributed by atoms with Crippen LogP contribution >= 0.6 is 12.4 Å². The fourth-order valence-corrected chi connectivity index (χ4v) is 1.89. The Labute approximate surface area is 143 Å². The van der Waals surface area contributed by atoms with Crippen molar-refractivity contribution in [2.45, 2.75) is 19.6 Å². The van der Waals surface area contributed by atoms with E-state index in [-0.39, 0.29) is 24.4 Å². The standard InChI is InChI=1S/C18H22N2O2.ClH/c1-14(19-2)12-20-18(21)16-8-10-17(11-9-16)22-13-15-6-4-3-5-7-15;/h3-11,14,19H,12-13H2,1-2H3,(H,20,21);1H. The molecule has 23 heavy (non-hydrogen) atoms. The van der Waals surface area contributed by atoms with Crippen LogP contribution < -0.4 is 15.4 Å². The van der Waals surface area contributed by atoms with Crippen LogP contribution in [0.15, 0.2) is 54.6 Å². The third-order valence-electron chi connectivity index (χ3n) is 3.43. The van der Waals surface area contributed by atoms with E-state index in [9.17, 15) is 4.79 Å². The highest BCUT2D eigenvalue weighted by Gasteiger charge is 2.07. The first kappa shape index (κ1) is 19.0. The molecule has 0 aromatic heterocycles. The highest BCUT2D eigenvalue weighted by Crippen LogP contribution is 2.14. The van der Waals surface area contributed by atoms with Crippen molar-refractivity contribution in [2.24, 2.45) is 0 Å². The Bertz CT molecular complexity index is 588. The van der Waals surface area contributed by atoms with E-state index in [1.54, 1.807) is 12.1 Å². The van der Waals surface area contributed by atoms with Crippen molar-refractivity contribution in [3.63, 3.8) is 0 Å². The zero-order chi connectivity index (χ0) is 15.8. The van der Waals surface area contributed by atoms with Crippen LogP contribution in [0.3, 0.4) is 0 Å². The minimum absolute atomic E-state index is 0. The van der Waals surface area contributed by atoms with Crippen molar-refractivity contribution in [1.29, 1.82) is 0 Å². The van der Waals surface area contributed by atoms with Gasteiger partial charge in [0.05, 0.1) is 0 Å². The molecule has 124 valence electrons. The van der Waals surface area contributed by atoms with Gasteiger partial charge in [-0.1, -0.05) is 30.3 Å². The maximum atomic E-state index is 12.0. The van der Waals surface area contributed by atoms with Crippen LogP contribution in [0, 0.1) is 0 Å². The molecule has 5 heteroatoms. The van der Waals surface area contributed by atoms with Gasteiger partial charge in [0.1, 0.15) is 12.4 Å². The average Bonchev–Trinajstić information content (AvgIpc) is 2.59. The quantitative estimate of drug-likeness (QED) is 0.818. The number of hydrogen-bond acceptors (Lipinski definition) is 3. The van der Waals surface area contributed by atoms with Gasteiger partial charge in [0.15, 0.2) is 0 Å². The SMILES string of the molecule is CNC(C)CNC(=O)c1ccc(OCc2ccccc2)cc1.Cl. The van der Waals surface area contributed by atoms with E-state index < -0.39 is 0 Å². The van der Waals surface area contributed by atoms with Crippen LogP contribution in [0.25, 0.3) is 0 Å². The molecule has 0 fully saturated rings. The summed E-state index contributed by atoms with van der Waals surface area (Å²) in [5.41, 5.74) is 1.75. The molecular weight excluding hydrogens is 312 g/mol. The third kappa shape index (κ3) is 6.30. The molecule has 0 spiro atoms. The van der Waals surface area contributed by atoms with Gasteiger partial charge >= 0.3 is 0 Å². The lowest BCUT2D eigenvalue weighted by Crippen LogP contribution is -2.37. The van der Waals surface area contributed by atoms with Crippen molar-refractivity contribution in [3.8, 4) is 5.75 Å². The molecule has 2 aromatic carbocycles. The molecule has 0 aliphatic heterocycles. The predicted molar refractivity (Wildman–Crippen MR) is 95.3 cm³/mol. The second kappa shape index (κ2) is 9.87. The van der Waals surface area contributed by atoms with Gasteiger partial charge in [-0.25, -0.2) is 0 Å². The molecule has 2 aromatic rings. The van der Waals surface area contributed by atoms with E-state index in [1.807, 2.05) is 56.4 Å². The van der Waals surface area contributed by atoms with Gasteiger partial charge in [0, 0.05) is 18.2 Å². The van der Waals surface area contributed by atoms with Gasteiger partial charge in [0.25, 0.3) is 5.91 Å². The number of nitrogens with one attached hydrogen (secondary N) is 2. The van der Waals surface area contributed by atoms with Gasteiger partial charge in [-0.2, -0.15) is 0 Å². The van der Waals surface area contributed by atoms with Gasteiger partial charge in [-0.15, -0.1) is 12.4 Å². The molecule has 0 aliphatic carbocycles. The van der Waals surface area contributed by atoms with E-state index in [1.165, 1.54) is 0 Å². The minimum atomic E-state index is -0.0725. The number of amides is 1. The second-order valence-corrected chi connectivity index (χ2v) is 5.20. The number of hydrogen-bond donors (Lipinski definition) is 2. The molecule has 2 N–H and O–H groups in total. The van der Waals surface area contributed by atoms with Crippen LogP contribution in [0.2, 0.25) is 0 Å². The van der Waals surface area contributed by atoms with Crippen LogP contribution in [0.5, 0.6) is 5.75 Å². The van der Waals surface area contributed by atoms with Crippen LogP contribution in [-0.2, 0) is 6.61 Å². The molecule has 0 radical (unpaired) electrons. The summed E-state index contributed by atoms with van der Waals surface area (Å²) in [5, 5.41) is 5.96. The van der Waals surface area contributed by atoms with Crippen molar-refractivity contribution < 1.29 is 9.53 Å². The van der Waals surface area contributed by atoms with Crippen molar-refractivity contribution >= 4 is 18.3 Å². The molecule has 1 unspecified atom stereocenters. The summed E-state index contributed by atoms with van der Waals surface area (Å²) in [6.07, 6.45) is 0. The Hall–Kier alpha value is -2.04. The predicted octanol–water partition coefficient (Wildman–Crippen LogP) is 3.03. The van der Waals surface area contributed by atoms with Crippen molar-refractivity contribution in [3.05, 3.63) is 65.7 Å². The zero-order valence-electron chi connectivity index (χ0n) is 13.4. The van der Waals surface area contributed by atoms with E-state index in [0.29, 0.717) is 18.7 Å². The maximum absolute atomic E-state index is 12.0. The number of rotatable bonds is 7. The topological polar surface area (TPSA) is 50.4 Å². The van der Waals surface area contributed by atoms with Gasteiger partial charge < -0.3 is 15.4 Å². The molecule has 0 heterocycles. The molecule has 0 saturated heterocycles. The molecule has 0 bridgehead atoms. The van der Waals surface area contributed by atoms with Crippen molar-refractivity contribution in [2.75, 3.05) is 13.6 Å². The fourth-order valence-electron chi connectivity index (χ4n) is 1.89. The Morgan fingerprint density at radius 2 is 1.74 bits per heavy atom. The lowest BCUT2D eigenvalue weighted by Gasteiger charge is -2.11. The fraction of sp³-hybridized carbons (Fsp3) is 0.278. The van der Waals surface area contributed by atoms with E-state index in [0.717, 1.165) is 11.3 Å². The summed E-state index contributed by atoms with van der Waals surface area (Å²) in [4.78, 5) is 12.0. The summed E-state index contributed by atoms with van der Waals surface area (Å²) in [6.45, 7) is 3.13. The summed E-state index contributed by atoms with van der Waals surface area (Å²) >= 11 is 0. The first-order valence-electron chi connectivity index (χ1n) is 7.41. The Kier molecular flexibility index (Phi) is 8.16. The monoisotopic (exact) mass is 334 g/mol. The third-order valence-corrected chi connectivity index (χ3v) is 3.43. The molecular formula is C18H23ClN2O2. The average molecular weight is 335 g/mol. The lowest BCUT2D eigenvalue weighted by atomic mass is 10.2. The Balaban J connectivity index is 0.00000264. The first-order valence-corrected chi connectivity index (χ1v) is 7.41. The minimum Gasteiger partial charge on any atom is -0.489 e. The number of halogens is 1. The lowest BCUT2D eigenvalue weighted by molar-refractivity contribution is 0.0950. The number of benzene rings is 2. The Morgan fingerprint density at radius 3 is 2.35 bits per heavy atom. The van der Waals surface area contributed by atoms with Crippen molar-refractivity contribution in [1.82, 2.24) is 10.6 Å². The molecule has 0 aliphatic rings. The summed E-state index contributed by atoms with van der Waals surface area (Å²) in [5.74, 6) is 0.681. The maximum Gasteiger partial charge on any atom is 0.251 e. The largest absolute Gasteiger partial charge is 0.489 e. The number of carbonyl (C=O) groups excluding carboxylic acids is 1. The zero-order valence-corrected chi connectivity index (χ0v) is 14.2. The number of ether oxygens (including phenoxy) is 1. The molecule has 2 rings (SSSR count). The van der Waals surface area contributed by atoms with Crippen LogP contribution in [-0.4, -0.2) is 25.5 Å². The first-order chi connectivity index (χ1) is 10.7. The number of likely N-dealkylation sites (N-methyl/N-ethyl adjacent to an activating group) is 1.